The van der Waals surface area contributed by atoms with Gasteiger partial charge in [-0.3, -0.25) is 4.99 Å². The number of fused-ring (bicyclic) bond motifs is 1. The van der Waals surface area contributed by atoms with Gasteiger partial charge in [0.25, 0.3) is 0 Å². The molecule has 2 aliphatic rings. The number of nitrogens with zero attached hydrogens (tertiary/aromatic N) is 1. The highest BCUT2D eigenvalue weighted by molar-refractivity contribution is 14.0. The number of ether oxygens (including phenoxy) is 2. The number of rotatable bonds is 4. The van der Waals surface area contributed by atoms with Gasteiger partial charge in [0.2, 0.25) is 0 Å². The van der Waals surface area contributed by atoms with E-state index < -0.39 is 0 Å². The maximum Gasteiger partial charge on any atom is 0.191 e. The SMILES string of the molecule is CN=C(NCC(C)(C)c1ccc2c(c1)OCCO2)NC1CC=CC1.I. The largest absolute Gasteiger partial charge is 0.486 e. The molecule has 0 radical (unpaired) electrons. The van der Waals surface area contributed by atoms with E-state index in [2.05, 4.69) is 53.8 Å². The van der Waals surface area contributed by atoms with Crippen molar-refractivity contribution in [1.29, 1.82) is 0 Å². The molecule has 0 saturated carbocycles. The number of benzene rings is 1. The van der Waals surface area contributed by atoms with Gasteiger partial charge in [-0.25, -0.2) is 0 Å². The third-order valence-electron chi connectivity index (χ3n) is 4.59. The average molecular weight is 457 g/mol. The quantitative estimate of drug-likeness (QED) is 0.316. The second-order valence-corrected chi connectivity index (χ2v) is 6.95. The van der Waals surface area contributed by atoms with Crippen LogP contribution in [0.1, 0.15) is 32.3 Å². The molecule has 0 amide bonds. The smallest absolute Gasteiger partial charge is 0.191 e. The van der Waals surface area contributed by atoms with Gasteiger partial charge in [-0.2, -0.15) is 0 Å². The first kappa shape index (κ1) is 19.9. The molecule has 25 heavy (non-hydrogen) atoms. The molecule has 1 aromatic rings. The first-order valence-corrected chi connectivity index (χ1v) is 8.61. The maximum atomic E-state index is 5.71. The van der Waals surface area contributed by atoms with Crippen molar-refractivity contribution in [2.24, 2.45) is 4.99 Å². The van der Waals surface area contributed by atoms with Crippen LogP contribution in [0, 0.1) is 0 Å². The molecule has 138 valence electrons. The average Bonchev–Trinajstić information content (AvgIpc) is 3.11. The van der Waals surface area contributed by atoms with Crippen LogP contribution in [0.3, 0.4) is 0 Å². The minimum Gasteiger partial charge on any atom is -0.486 e. The van der Waals surface area contributed by atoms with Gasteiger partial charge in [0.15, 0.2) is 17.5 Å². The molecule has 0 atom stereocenters. The van der Waals surface area contributed by atoms with Crippen molar-refractivity contribution >= 4 is 29.9 Å². The Balaban J connectivity index is 0.00000225. The molecule has 1 heterocycles. The van der Waals surface area contributed by atoms with Crippen LogP contribution < -0.4 is 20.1 Å². The van der Waals surface area contributed by atoms with Gasteiger partial charge >= 0.3 is 0 Å². The summed E-state index contributed by atoms with van der Waals surface area (Å²) in [7, 11) is 1.81. The highest BCUT2D eigenvalue weighted by Gasteiger charge is 2.24. The van der Waals surface area contributed by atoms with E-state index >= 15 is 0 Å². The summed E-state index contributed by atoms with van der Waals surface area (Å²) in [5, 5.41) is 6.93. The molecule has 1 aliphatic carbocycles. The molecular weight excluding hydrogens is 429 g/mol. The predicted molar refractivity (Wildman–Crippen MR) is 113 cm³/mol. The molecule has 5 nitrogen and oxygen atoms in total. The lowest BCUT2D eigenvalue weighted by atomic mass is 9.84. The number of hydrogen-bond donors (Lipinski definition) is 2. The number of guanidine groups is 1. The Kier molecular flexibility index (Phi) is 6.98. The highest BCUT2D eigenvalue weighted by atomic mass is 127. The van der Waals surface area contributed by atoms with Gasteiger partial charge in [-0.15, -0.1) is 24.0 Å². The van der Waals surface area contributed by atoms with E-state index in [0.29, 0.717) is 19.3 Å². The maximum absolute atomic E-state index is 5.71. The molecule has 0 unspecified atom stereocenters. The first-order valence-electron chi connectivity index (χ1n) is 8.61. The molecule has 1 aromatic carbocycles. The number of halogens is 1. The summed E-state index contributed by atoms with van der Waals surface area (Å²) >= 11 is 0. The molecule has 0 aromatic heterocycles. The zero-order valence-corrected chi connectivity index (χ0v) is 17.5. The lowest BCUT2D eigenvalue weighted by Gasteiger charge is -2.29. The van der Waals surface area contributed by atoms with Gasteiger partial charge in [0.1, 0.15) is 13.2 Å². The molecule has 0 spiro atoms. The molecule has 0 bridgehead atoms. The van der Waals surface area contributed by atoms with Crippen LogP contribution in [0.5, 0.6) is 11.5 Å². The van der Waals surface area contributed by atoms with Crippen molar-refractivity contribution in [2.45, 2.75) is 38.1 Å². The van der Waals surface area contributed by atoms with Gasteiger partial charge in [-0.1, -0.05) is 32.1 Å². The van der Waals surface area contributed by atoms with E-state index in [1.54, 1.807) is 0 Å². The van der Waals surface area contributed by atoms with E-state index in [4.69, 9.17) is 9.47 Å². The molecule has 1 aliphatic heterocycles. The van der Waals surface area contributed by atoms with Crippen molar-refractivity contribution in [2.75, 3.05) is 26.8 Å². The lowest BCUT2D eigenvalue weighted by molar-refractivity contribution is 0.171. The van der Waals surface area contributed by atoms with Crippen molar-refractivity contribution in [3.05, 3.63) is 35.9 Å². The van der Waals surface area contributed by atoms with E-state index in [1.165, 1.54) is 5.56 Å². The summed E-state index contributed by atoms with van der Waals surface area (Å²) in [5.74, 6) is 2.53. The molecule has 0 fully saturated rings. The van der Waals surface area contributed by atoms with Crippen LogP contribution in [0.4, 0.5) is 0 Å². The van der Waals surface area contributed by atoms with Crippen molar-refractivity contribution in [3.63, 3.8) is 0 Å². The molecule has 2 N–H and O–H groups in total. The molecular formula is C19H28IN3O2. The van der Waals surface area contributed by atoms with Gasteiger partial charge in [-0.05, 0) is 30.5 Å². The Morgan fingerprint density at radius 1 is 1.16 bits per heavy atom. The zero-order valence-electron chi connectivity index (χ0n) is 15.2. The summed E-state index contributed by atoms with van der Waals surface area (Å²) in [6, 6.07) is 6.66. The van der Waals surface area contributed by atoms with E-state index in [0.717, 1.165) is 36.8 Å². The van der Waals surface area contributed by atoms with Crippen LogP contribution in [-0.4, -0.2) is 38.8 Å². The van der Waals surface area contributed by atoms with Gasteiger partial charge in [0, 0.05) is 25.0 Å². The summed E-state index contributed by atoms with van der Waals surface area (Å²) in [6.07, 6.45) is 6.55. The van der Waals surface area contributed by atoms with Crippen LogP contribution in [0.25, 0.3) is 0 Å². The van der Waals surface area contributed by atoms with Crippen molar-refractivity contribution in [3.8, 4) is 11.5 Å². The molecule has 3 rings (SSSR count). The lowest BCUT2D eigenvalue weighted by Crippen LogP contribution is -2.46. The minimum absolute atomic E-state index is 0. The Hall–Kier alpha value is -1.44. The summed E-state index contributed by atoms with van der Waals surface area (Å²) in [4.78, 5) is 4.34. The van der Waals surface area contributed by atoms with Crippen molar-refractivity contribution in [1.82, 2.24) is 10.6 Å². The van der Waals surface area contributed by atoms with E-state index in [-0.39, 0.29) is 29.4 Å². The van der Waals surface area contributed by atoms with Crippen LogP contribution in [0.2, 0.25) is 0 Å². The Morgan fingerprint density at radius 2 is 1.84 bits per heavy atom. The number of aliphatic imine (C=N–C) groups is 1. The fourth-order valence-electron chi connectivity index (χ4n) is 2.99. The van der Waals surface area contributed by atoms with E-state index in [1.807, 2.05) is 13.1 Å². The van der Waals surface area contributed by atoms with Crippen molar-refractivity contribution < 1.29 is 9.47 Å². The minimum atomic E-state index is -0.0542. The Bertz CT molecular complexity index is 636. The summed E-state index contributed by atoms with van der Waals surface area (Å²) < 4.78 is 11.3. The third-order valence-corrected chi connectivity index (χ3v) is 4.59. The monoisotopic (exact) mass is 457 g/mol. The summed E-state index contributed by atoms with van der Waals surface area (Å²) in [5.41, 5.74) is 1.17. The molecule has 6 heteroatoms. The molecule has 0 saturated heterocycles. The topological polar surface area (TPSA) is 54.9 Å². The van der Waals surface area contributed by atoms with Gasteiger partial charge in [0.05, 0.1) is 0 Å². The summed E-state index contributed by atoms with van der Waals surface area (Å²) in [6.45, 7) is 6.45. The normalized spacial score (nSPS) is 17.2. The van der Waals surface area contributed by atoms with Crippen LogP contribution in [-0.2, 0) is 5.41 Å². The fraction of sp³-hybridized carbons (Fsp3) is 0.526. The number of nitrogens with one attached hydrogen (secondary N) is 2. The zero-order chi connectivity index (χ0) is 17.0. The van der Waals surface area contributed by atoms with E-state index in [9.17, 15) is 0 Å². The standard InChI is InChI=1S/C19H27N3O2.HI/c1-19(2,13-21-18(20-3)22-15-6-4-5-7-15)14-8-9-16-17(12-14)24-11-10-23-16;/h4-5,8-9,12,15H,6-7,10-11,13H2,1-3H3,(H2,20,21,22);1H. The van der Waals surface area contributed by atoms with Gasteiger partial charge < -0.3 is 20.1 Å². The Labute approximate surface area is 167 Å². The van der Waals surface area contributed by atoms with Crippen LogP contribution in [0.15, 0.2) is 35.3 Å². The Morgan fingerprint density at radius 3 is 2.52 bits per heavy atom. The second-order valence-electron chi connectivity index (χ2n) is 6.95. The predicted octanol–water partition coefficient (Wildman–Crippen LogP) is 3.24. The fourth-order valence-corrected chi connectivity index (χ4v) is 2.99. The second kappa shape index (κ2) is 8.78. The number of hydrogen-bond acceptors (Lipinski definition) is 3. The third kappa shape index (κ3) is 5.03. The van der Waals surface area contributed by atoms with Crippen LogP contribution >= 0.6 is 24.0 Å². The first-order chi connectivity index (χ1) is 11.6. The highest BCUT2D eigenvalue weighted by Crippen LogP contribution is 2.34.